The molecule has 1 aliphatic rings. The van der Waals surface area contributed by atoms with Gasteiger partial charge in [-0.15, -0.1) is 0 Å². The average molecular weight is 247 g/mol. The van der Waals surface area contributed by atoms with Crippen molar-refractivity contribution < 1.29 is 0 Å². The van der Waals surface area contributed by atoms with Gasteiger partial charge < -0.3 is 15.5 Å². The van der Waals surface area contributed by atoms with Gasteiger partial charge in [-0.3, -0.25) is 0 Å². The monoisotopic (exact) mass is 247 g/mol. The number of benzene rings is 1. The van der Waals surface area contributed by atoms with Crippen molar-refractivity contribution >= 4 is 5.69 Å². The first-order chi connectivity index (χ1) is 8.60. The molecule has 0 bridgehead atoms. The number of rotatable bonds is 2. The molecular formula is C15H25N3. The Balaban J connectivity index is 2.20. The standard InChI is InChI=1S/C15H25N3/c1-12-7-13(2)9-14(8-12)18-6-4-5-17(3)15(10-16)11-18/h7-9,15H,4-6,10-11,16H2,1-3H3. The van der Waals surface area contributed by atoms with Gasteiger partial charge in [-0.05, 0) is 57.1 Å². The van der Waals surface area contributed by atoms with Crippen LogP contribution in [0.5, 0.6) is 0 Å². The van der Waals surface area contributed by atoms with E-state index in [2.05, 4.69) is 48.9 Å². The summed E-state index contributed by atoms with van der Waals surface area (Å²) in [5, 5.41) is 0. The summed E-state index contributed by atoms with van der Waals surface area (Å²) >= 11 is 0. The molecule has 1 aromatic rings. The minimum Gasteiger partial charge on any atom is -0.370 e. The largest absolute Gasteiger partial charge is 0.370 e. The maximum Gasteiger partial charge on any atom is 0.0390 e. The van der Waals surface area contributed by atoms with Gasteiger partial charge in [-0.1, -0.05) is 6.07 Å². The summed E-state index contributed by atoms with van der Waals surface area (Å²) in [5.41, 5.74) is 9.92. The van der Waals surface area contributed by atoms with Crippen LogP contribution in [0.15, 0.2) is 18.2 Å². The molecule has 0 spiro atoms. The Bertz CT molecular complexity index is 382. The van der Waals surface area contributed by atoms with Crippen LogP contribution in [0, 0.1) is 13.8 Å². The van der Waals surface area contributed by atoms with Crippen LogP contribution in [0.25, 0.3) is 0 Å². The van der Waals surface area contributed by atoms with E-state index in [0.29, 0.717) is 6.04 Å². The number of likely N-dealkylation sites (N-methyl/N-ethyl adjacent to an activating group) is 1. The molecule has 3 nitrogen and oxygen atoms in total. The third kappa shape index (κ3) is 3.03. The van der Waals surface area contributed by atoms with E-state index in [-0.39, 0.29) is 0 Å². The van der Waals surface area contributed by atoms with Crippen molar-refractivity contribution in [3.8, 4) is 0 Å². The summed E-state index contributed by atoms with van der Waals surface area (Å²) in [7, 11) is 2.18. The van der Waals surface area contributed by atoms with Gasteiger partial charge >= 0.3 is 0 Å². The van der Waals surface area contributed by atoms with Crippen LogP contribution in [-0.4, -0.2) is 44.2 Å². The normalized spacial score (nSPS) is 22.0. The third-order valence-electron chi connectivity index (χ3n) is 3.84. The molecule has 0 aromatic heterocycles. The Morgan fingerprint density at radius 3 is 2.44 bits per heavy atom. The predicted molar refractivity (Wildman–Crippen MR) is 78.2 cm³/mol. The Labute approximate surface area is 111 Å². The first-order valence-electron chi connectivity index (χ1n) is 6.83. The van der Waals surface area contributed by atoms with Gasteiger partial charge in [0.1, 0.15) is 0 Å². The van der Waals surface area contributed by atoms with Crippen LogP contribution >= 0.6 is 0 Å². The van der Waals surface area contributed by atoms with E-state index in [1.807, 2.05) is 0 Å². The Morgan fingerprint density at radius 1 is 1.17 bits per heavy atom. The molecule has 1 atom stereocenters. The highest BCUT2D eigenvalue weighted by molar-refractivity contribution is 5.51. The smallest absolute Gasteiger partial charge is 0.0390 e. The van der Waals surface area contributed by atoms with Gasteiger partial charge in [-0.2, -0.15) is 0 Å². The van der Waals surface area contributed by atoms with Crippen molar-refractivity contribution in [2.75, 3.05) is 38.1 Å². The van der Waals surface area contributed by atoms with Gasteiger partial charge in [0.05, 0.1) is 0 Å². The molecule has 1 aromatic carbocycles. The van der Waals surface area contributed by atoms with Gasteiger partial charge in [-0.25, -0.2) is 0 Å². The lowest BCUT2D eigenvalue weighted by atomic mass is 10.1. The van der Waals surface area contributed by atoms with E-state index in [0.717, 1.165) is 26.2 Å². The van der Waals surface area contributed by atoms with Gasteiger partial charge in [0, 0.05) is 31.4 Å². The second kappa shape index (κ2) is 5.72. The first kappa shape index (κ1) is 13.4. The number of nitrogens with two attached hydrogens (primary N) is 1. The Hall–Kier alpha value is -1.06. The molecule has 0 amide bonds. The van der Waals surface area contributed by atoms with E-state index in [4.69, 9.17) is 5.73 Å². The highest BCUT2D eigenvalue weighted by atomic mass is 15.2. The fourth-order valence-electron chi connectivity index (χ4n) is 2.80. The number of aryl methyl sites for hydroxylation is 2. The van der Waals surface area contributed by atoms with Gasteiger partial charge in [0.2, 0.25) is 0 Å². The zero-order chi connectivity index (χ0) is 13.1. The summed E-state index contributed by atoms with van der Waals surface area (Å²) in [6, 6.07) is 7.26. The van der Waals surface area contributed by atoms with Gasteiger partial charge in [0.25, 0.3) is 0 Å². The lowest BCUT2D eigenvalue weighted by molar-refractivity contribution is 0.266. The fraction of sp³-hybridized carbons (Fsp3) is 0.600. The van der Waals surface area contributed by atoms with Crippen LogP contribution in [0.1, 0.15) is 17.5 Å². The molecule has 3 heteroatoms. The van der Waals surface area contributed by atoms with Crippen LogP contribution in [0.3, 0.4) is 0 Å². The molecule has 2 N–H and O–H groups in total. The summed E-state index contributed by atoms with van der Waals surface area (Å²) < 4.78 is 0. The lowest BCUT2D eigenvalue weighted by Crippen LogP contribution is -2.43. The topological polar surface area (TPSA) is 32.5 Å². The molecule has 0 aliphatic carbocycles. The fourth-order valence-corrected chi connectivity index (χ4v) is 2.80. The molecule has 1 saturated heterocycles. The minimum atomic E-state index is 0.466. The van der Waals surface area contributed by atoms with E-state index in [9.17, 15) is 0 Å². The summed E-state index contributed by atoms with van der Waals surface area (Å²) in [4.78, 5) is 4.88. The first-order valence-corrected chi connectivity index (χ1v) is 6.83. The average Bonchev–Trinajstić information content (AvgIpc) is 2.49. The van der Waals surface area contributed by atoms with Crippen molar-refractivity contribution in [2.45, 2.75) is 26.3 Å². The number of nitrogens with zero attached hydrogens (tertiary/aromatic N) is 2. The highest BCUT2D eigenvalue weighted by Crippen LogP contribution is 2.21. The molecule has 18 heavy (non-hydrogen) atoms. The minimum absolute atomic E-state index is 0.466. The zero-order valence-corrected chi connectivity index (χ0v) is 11.8. The van der Waals surface area contributed by atoms with Crippen molar-refractivity contribution in [2.24, 2.45) is 5.73 Å². The molecule has 0 saturated carbocycles. The third-order valence-corrected chi connectivity index (χ3v) is 3.84. The quantitative estimate of drug-likeness (QED) is 0.864. The number of anilines is 1. The number of hydrogen-bond acceptors (Lipinski definition) is 3. The van der Waals surface area contributed by atoms with Crippen molar-refractivity contribution in [3.63, 3.8) is 0 Å². The number of hydrogen-bond donors (Lipinski definition) is 1. The molecule has 1 aliphatic heterocycles. The van der Waals surface area contributed by atoms with Gasteiger partial charge in [0.15, 0.2) is 0 Å². The molecule has 1 unspecified atom stereocenters. The molecule has 1 heterocycles. The summed E-state index contributed by atoms with van der Waals surface area (Å²) in [5.74, 6) is 0. The molecule has 1 fully saturated rings. The zero-order valence-electron chi connectivity index (χ0n) is 11.8. The summed E-state index contributed by atoms with van der Waals surface area (Å²) in [6.45, 7) is 8.38. The molecule has 100 valence electrons. The second-order valence-electron chi connectivity index (χ2n) is 5.52. The summed E-state index contributed by atoms with van der Waals surface area (Å²) in [6.07, 6.45) is 1.21. The highest BCUT2D eigenvalue weighted by Gasteiger charge is 2.21. The van der Waals surface area contributed by atoms with Crippen molar-refractivity contribution in [1.82, 2.24) is 4.90 Å². The van der Waals surface area contributed by atoms with E-state index < -0.39 is 0 Å². The molecular weight excluding hydrogens is 222 g/mol. The molecule has 2 rings (SSSR count). The molecule has 0 radical (unpaired) electrons. The van der Waals surface area contributed by atoms with Crippen molar-refractivity contribution in [1.29, 1.82) is 0 Å². The van der Waals surface area contributed by atoms with Crippen LogP contribution < -0.4 is 10.6 Å². The maximum atomic E-state index is 5.89. The maximum absolute atomic E-state index is 5.89. The van der Waals surface area contributed by atoms with E-state index in [1.54, 1.807) is 0 Å². The predicted octanol–water partition coefficient (Wildman–Crippen LogP) is 1.77. The van der Waals surface area contributed by atoms with E-state index in [1.165, 1.54) is 23.2 Å². The van der Waals surface area contributed by atoms with Crippen LogP contribution in [0.2, 0.25) is 0 Å². The van der Waals surface area contributed by atoms with Crippen molar-refractivity contribution in [3.05, 3.63) is 29.3 Å². The Morgan fingerprint density at radius 2 is 1.83 bits per heavy atom. The van der Waals surface area contributed by atoms with Crippen LogP contribution in [-0.2, 0) is 0 Å². The van der Waals surface area contributed by atoms with E-state index >= 15 is 0 Å². The Kier molecular flexibility index (Phi) is 4.25. The lowest BCUT2D eigenvalue weighted by Gasteiger charge is -2.29. The van der Waals surface area contributed by atoms with Crippen LogP contribution in [0.4, 0.5) is 5.69 Å². The SMILES string of the molecule is Cc1cc(C)cc(N2CCCN(C)C(CN)C2)c1. The second-order valence-corrected chi connectivity index (χ2v) is 5.52.